The Kier molecular flexibility index (Phi) is 8.47. The second kappa shape index (κ2) is 14.2. The summed E-state index contributed by atoms with van der Waals surface area (Å²) in [6, 6.07) is 57.1. The van der Waals surface area contributed by atoms with Crippen LogP contribution in [0.4, 0.5) is 0 Å². The van der Waals surface area contributed by atoms with Crippen LogP contribution in [-0.2, 0) is 0 Å². The van der Waals surface area contributed by atoms with E-state index in [-0.39, 0.29) is 0 Å². The Bertz CT molecular complexity index is 2840. The minimum atomic E-state index is 0.708. The number of fused-ring (bicyclic) bond motifs is 3. The molecule has 0 bridgehead atoms. The van der Waals surface area contributed by atoms with Crippen molar-refractivity contribution < 1.29 is 0 Å². The van der Waals surface area contributed by atoms with E-state index in [1.807, 2.05) is 30.3 Å². The van der Waals surface area contributed by atoms with Crippen molar-refractivity contribution in [1.29, 1.82) is 0 Å². The number of allylic oxidation sites excluding steroid dienone is 4. The molecular formula is C50H34N4S. The van der Waals surface area contributed by atoms with Gasteiger partial charge in [0.15, 0.2) is 11.6 Å². The van der Waals surface area contributed by atoms with Gasteiger partial charge in [0.25, 0.3) is 0 Å². The van der Waals surface area contributed by atoms with E-state index in [0.29, 0.717) is 11.6 Å². The highest BCUT2D eigenvalue weighted by atomic mass is 32.1. The highest BCUT2D eigenvalue weighted by Crippen LogP contribution is 2.44. The summed E-state index contributed by atoms with van der Waals surface area (Å²) in [5.41, 5.74) is 12.3. The average Bonchev–Trinajstić information content (AvgIpc) is 3.67. The van der Waals surface area contributed by atoms with E-state index in [2.05, 4.69) is 152 Å². The van der Waals surface area contributed by atoms with Gasteiger partial charge in [-0.15, -0.1) is 11.3 Å². The van der Waals surface area contributed by atoms with Crippen molar-refractivity contribution in [1.82, 2.24) is 19.9 Å². The second-order valence-corrected chi connectivity index (χ2v) is 14.8. The van der Waals surface area contributed by atoms with Crippen molar-refractivity contribution in [3.63, 3.8) is 0 Å². The van der Waals surface area contributed by atoms with Crippen LogP contribution in [0, 0.1) is 0 Å². The lowest BCUT2D eigenvalue weighted by Gasteiger charge is -2.13. The fourth-order valence-electron chi connectivity index (χ4n) is 7.43. The molecule has 5 heteroatoms. The van der Waals surface area contributed by atoms with Crippen molar-refractivity contribution in [2.45, 2.75) is 12.8 Å². The number of hydrogen-bond acceptors (Lipinski definition) is 5. The largest absolute Gasteiger partial charge is 0.228 e. The minimum absolute atomic E-state index is 0.708. The fourth-order valence-corrected chi connectivity index (χ4v) is 8.68. The molecule has 0 aliphatic heterocycles. The summed E-state index contributed by atoms with van der Waals surface area (Å²) in [4.78, 5) is 20.7. The first-order valence-electron chi connectivity index (χ1n) is 18.6. The van der Waals surface area contributed by atoms with Crippen molar-refractivity contribution >= 4 is 37.1 Å². The summed E-state index contributed by atoms with van der Waals surface area (Å²) in [5.74, 6) is 1.42. The molecule has 260 valence electrons. The Morgan fingerprint density at radius 2 is 0.964 bits per heavy atom. The van der Waals surface area contributed by atoms with Crippen LogP contribution in [0.1, 0.15) is 18.5 Å². The normalized spacial score (nSPS) is 12.6. The Balaban J connectivity index is 1.14. The lowest BCUT2D eigenvalue weighted by atomic mass is 9.98. The van der Waals surface area contributed by atoms with Crippen molar-refractivity contribution in [3.8, 4) is 67.7 Å². The molecule has 0 fully saturated rings. The van der Waals surface area contributed by atoms with Crippen molar-refractivity contribution in [3.05, 3.63) is 188 Å². The Morgan fingerprint density at radius 3 is 1.67 bits per heavy atom. The zero-order valence-corrected chi connectivity index (χ0v) is 30.7. The Labute approximate surface area is 323 Å². The summed E-state index contributed by atoms with van der Waals surface area (Å²) in [7, 11) is 0. The molecule has 1 aliphatic rings. The van der Waals surface area contributed by atoms with Gasteiger partial charge in [-0.1, -0.05) is 164 Å². The first-order chi connectivity index (χ1) is 27.2. The smallest absolute Gasteiger partial charge is 0.160 e. The monoisotopic (exact) mass is 722 g/mol. The molecule has 0 unspecified atom stereocenters. The Morgan fingerprint density at radius 1 is 0.418 bits per heavy atom. The van der Waals surface area contributed by atoms with Crippen LogP contribution in [0.25, 0.3) is 93.4 Å². The van der Waals surface area contributed by atoms with Crippen LogP contribution in [0.2, 0.25) is 0 Å². The zero-order valence-electron chi connectivity index (χ0n) is 29.9. The number of benzene rings is 6. The lowest BCUT2D eigenvalue weighted by molar-refractivity contribution is 1.03. The van der Waals surface area contributed by atoms with Crippen LogP contribution < -0.4 is 0 Å². The van der Waals surface area contributed by atoms with Gasteiger partial charge in [0.05, 0.1) is 22.8 Å². The SMILES string of the molecule is C1=CC(c2cc(-c3cccc4sc5c(-c6cc(-c7ccccc7)nc(-c7ccccc7)n6)cccc5c34)nc(-c3ccc(-c4ccccc4)cc3)n2)=CCC1. The van der Waals surface area contributed by atoms with E-state index in [9.17, 15) is 0 Å². The molecular weight excluding hydrogens is 689 g/mol. The summed E-state index contributed by atoms with van der Waals surface area (Å²) in [6.07, 6.45) is 8.76. The van der Waals surface area contributed by atoms with Gasteiger partial charge in [-0.2, -0.15) is 0 Å². The van der Waals surface area contributed by atoms with E-state index in [1.165, 1.54) is 31.3 Å². The standard InChI is InChI=1S/C50H34N4S/c1-5-15-33(16-6-1)34-27-29-38(30-28-34)50-52-42(35-17-7-2-8-18-35)31-44(53-50)39-23-14-26-46-47(39)41-25-13-24-40(48(41)55-46)45-32-43(36-19-9-3-10-20-36)51-49(54-45)37-21-11-4-12-22-37/h1,3-7,9-32H,2,8H2. The van der Waals surface area contributed by atoms with Gasteiger partial charge >= 0.3 is 0 Å². The van der Waals surface area contributed by atoms with E-state index in [1.54, 1.807) is 11.3 Å². The molecule has 0 N–H and O–H groups in total. The number of rotatable bonds is 7. The number of nitrogens with zero attached hydrogens (tertiary/aromatic N) is 4. The lowest BCUT2D eigenvalue weighted by Crippen LogP contribution is -1.99. The van der Waals surface area contributed by atoms with Crippen molar-refractivity contribution in [2.24, 2.45) is 0 Å². The summed E-state index contributed by atoms with van der Waals surface area (Å²) in [5, 5.41) is 2.37. The van der Waals surface area contributed by atoms with Gasteiger partial charge < -0.3 is 0 Å². The maximum absolute atomic E-state index is 5.30. The van der Waals surface area contributed by atoms with Gasteiger partial charge in [0.2, 0.25) is 0 Å². The van der Waals surface area contributed by atoms with Gasteiger partial charge in [-0.3, -0.25) is 0 Å². The first kappa shape index (κ1) is 32.8. The number of hydrogen-bond donors (Lipinski definition) is 0. The molecule has 10 rings (SSSR count). The minimum Gasteiger partial charge on any atom is -0.228 e. The van der Waals surface area contributed by atoms with E-state index in [4.69, 9.17) is 19.9 Å². The molecule has 0 spiro atoms. The second-order valence-electron chi connectivity index (χ2n) is 13.7. The predicted octanol–water partition coefficient (Wildman–Crippen LogP) is 13.4. The molecule has 0 atom stereocenters. The van der Waals surface area contributed by atoms with Crippen LogP contribution >= 0.6 is 11.3 Å². The molecule has 1 aliphatic carbocycles. The fraction of sp³-hybridized carbons (Fsp3) is 0.0400. The summed E-state index contributed by atoms with van der Waals surface area (Å²) >= 11 is 1.80. The highest BCUT2D eigenvalue weighted by molar-refractivity contribution is 7.26. The van der Waals surface area contributed by atoms with Crippen LogP contribution in [0.5, 0.6) is 0 Å². The van der Waals surface area contributed by atoms with Gasteiger partial charge in [0.1, 0.15) is 0 Å². The quantitative estimate of drug-likeness (QED) is 0.164. The highest BCUT2D eigenvalue weighted by Gasteiger charge is 2.19. The van der Waals surface area contributed by atoms with Crippen molar-refractivity contribution in [2.75, 3.05) is 0 Å². The molecule has 9 aromatic rings. The maximum atomic E-state index is 5.30. The predicted molar refractivity (Wildman–Crippen MR) is 229 cm³/mol. The van der Waals surface area contributed by atoms with E-state index >= 15 is 0 Å². The maximum Gasteiger partial charge on any atom is 0.160 e. The molecule has 4 nitrogen and oxygen atoms in total. The molecule has 0 saturated heterocycles. The average molecular weight is 723 g/mol. The summed E-state index contributed by atoms with van der Waals surface area (Å²) < 4.78 is 2.39. The molecule has 0 radical (unpaired) electrons. The molecule has 3 heterocycles. The van der Waals surface area contributed by atoms with Gasteiger partial charge in [0, 0.05) is 48.0 Å². The number of aromatic nitrogens is 4. The molecule has 55 heavy (non-hydrogen) atoms. The van der Waals surface area contributed by atoms with Gasteiger partial charge in [-0.25, -0.2) is 19.9 Å². The molecule has 3 aromatic heterocycles. The molecule has 6 aromatic carbocycles. The van der Waals surface area contributed by atoms with Crippen LogP contribution in [0.15, 0.2) is 182 Å². The number of thiophene rings is 1. The zero-order chi connectivity index (χ0) is 36.6. The third-order valence-corrected chi connectivity index (χ3v) is 11.4. The van der Waals surface area contributed by atoms with E-state index in [0.717, 1.165) is 69.0 Å². The van der Waals surface area contributed by atoms with Crippen LogP contribution in [-0.4, -0.2) is 19.9 Å². The molecule has 0 amide bonds. The Hall–Kier alpha value is -6.82. The van der Waals surface area contributed by atoms with Gasteiger partial charge in [-0.05, 0) is 47.7 Å². The first-order valence-corrected chi connectivity index (χ1v) is 19.4. The molecule has 0 saturated carbocycles. The third-order valence-electron chi connectivity index (χ3n) is 10.2. The topological polar surface area (TPSA) is 51.6 Å². The van der Waals surface area contributed by atoms with E-state index < -0.39 is 0 Å². The third kappa shape index (κ3) is 6.35. The summed E-state index contributed by atoms with van der Waals surface area (Å²) in [6.45, 7) is 0. The van der Waals surface area contributed by atoms with Crippen LogP contribution in [0.3, 0.4) is 0 Å².